The molecule has 2 nitrogen and oxygen atoms in total. The quantitative estimate of drug-likeness (QED) is 0.257. The molecule has 0 radical (unpaired) electrons. The summed E-state index contributed by atoms with van der Waals surface area (Å²) in [4.78, 5) is 0. The molecule has 0 aliphatic carbocycles. The van der Waals surface area contributed by atoms with Crippen LogP contribution in [0.3, 0.4) is 0 Å². The van der Waals surface area contributed by atoms with Crippen molar-refractivity contribution < 1.29 is 0 Å². The van der Waals surface area contributed by atoms with Gasteiger partial charge >= 0.3 is 0 Å². The number of rotatable bonds is 9. The maximum atomic E-state index is 5.47. The van der Waals surface area contributed by atoms with Gasteiger partial charge < -0.3 is 0 Å². The Hall–Kier alpha value is -0.520. The van der Waals surface area contributed by atoms with Gasteiger partial charge in [-0.25, -0.2) is 0 Å². The van der Waals surface area contributed by atoms with Crippen molar-refractivity contribution in [1.29, 1.82) is 0 Å². The van der Waals surface area contributed by atoms with Crippen molar-refractivity contribution in [3.63, 3.8) is 0 Å². The van der Waals surface area contributed by atoms with E-state index in [0.29, 0.717) is 6.04 Å². The summed E-state index contributed by atoms with van der Waals surface area (Å²) in [5.41, 5.74) is 2.87. The summed E-state index contributed by atoms with van der Waals surface area (Å²) in [6.07, 6.45) is 14.7. The van der Waals surface area contributed by atoms with Gasteiger partial charge in [0.05, 0.1) is 0 Å². The normalized spacial score (nSPS) is 12.4. The first-order valence-corrected chi connectivity index (χ1v) is 5.74. The fourth-order valence-corrected chi connectivity index (χ4v) is 1.58. The second-order valence-electron chi connectivity index (χ2n) is 3.81. The number of unbranched alkanes of at least 4 members (excludes halogenated alkanes) is 4. The van der Waals surface area contributed by atoms with E-state index in [-0.39, 0.29) is 0 Å². The zero-order chi connectivity index (χ0) is 10.6. The van der Waals surface area contributed by atoms with Crippen LogP contribution in [0.5, 0.6) is 0 Å². The fourth-order valence-electron chi connectivity index (χ4n) is 1.58. The molecule has 0 aromatic carbocycles. The molecule has 0 bridgehead atoms. The van der Waals surface area contributed by atoms with Crippen molar-refractivity contribution in [1.82, 2.24) is 5.43 Å². The third kappa shape index (κ3) is 8.10. The topological polar surface area (TPSA) is 38.0 Å². The lowest BCUT2D eigenvalue weighted by molar-refractivity contribution is 0.433. The monoisotopic (exact) mass is 196 g/mol. The molecule has 0 heterocycles. The molecule has 1 atom stereocenters. The first-order chi connectivity index (χ1) is 6.85. The van der Waals surface area contributed by atoms with E-state index in [1.54, 1.807) is 0 Å². The molecule has 0 aromatic heterocycles. The Balaban J connectivity index is 3.34. The van der Waals surface area contributed by atoms with Crippen molar-refractivity contribution in [2.24, 2.45) is 5.84 Å². The second kappa shape index (κ2) is 10.6. The van der Waals surface area contributed by atoms with Crippen LogP contribution in [0.2, 0.25) is 0 Å². The van der Waals surface area contributed by atoms with E-state index < -0.39 is 0 Å². The minimum Gasteiger partial charge on any atom is -0.271 e. The highest BCUT2D eigenvalue weighted by atomic mass is 15.2. The molecule has 0 aliphatic heterocycles. The predicted molar refractivity (Wildman–Crippen MR) is 62.6 cm³/mol. The average molecular weight is 196 g/mol. The standard InChI is InChI=1S/C12H24N2/c1-3-5-7-9-11-12(14-13)10-8-6-4-2/h2,12,14H,3,5-11,13H2,1H3. The summed E-state index contributed by atoms with van der Waals surface area (Å²) in [6.45, 7) is 2.23. The zero-order valence-electron chi connectivity index (χ0n) is 9.39. The van der Waals surface area contributed by atoms with Crippen LogP contribution in [0.15, 0.2) is 0 Å². The zero-order valence-corrected chi connectivity index (χ0v) is 9.39. The molecular formula is C12H24N2. The SMILES string of the molecule is C#CCCCC(CCCCCC)NN. The van der Waals surface area contributed by atoms with Gasteiger partial charge in [0.1, 0.15) is 0 Å². The Morgan fingerprint density at radius 3 is 2.50 bits per heavy atom. The average Bonchev–Trinajstić information content (AvgIpc) is 2.22. The first-order valence-electron chi connectivity index (χ1n) is 5.74. The molecular weight excluding hydrogens is 172 g/mol. The molecule has 3 N–H and O–H groups in total. The lowest BCUT2D eigenvalue weighted by Gasteiger charge is -2.14. The van der Waals surface area contributed by atoms with Gasteiger partial charge in [0.25, 0.3) is 0 Å². The van der Waals surface area contributed by atoms with Crippen molar-refractivity contribution in [2.75, 3.05) is 0 Å². The van der Waals surface area contributed by atoms with E-state index in [1.165, 1.54) is 32.1 Å². The highest BCUT2D eigenvalue weighted by Crippen LogP contribution is 2.09. The summed E-state index contributed by atoms with van der Waals surface area (Å²) < 4.78 is 0. The molecule has 0 saturated heterocycles. The summed E-state index contributed by atoms with van der Waals surface area (Å²) in [7, 11) is 0. The third-order valence-corrected chi connectivity index (χ3v) is 2.52. The van der Waals surface area contributed by atoms with E-state index in [2.05, 4.69) is 18.3 Å². The van der Waals surface area contributed by atoms with Crippen LogP contribution in [-0.2, 0) is 0 Å². The Labute approximate surface area is 88.6 Å². The lowest BCUT2D eigenvalue weighted by atomic mass is 10.0. The Morgan fingerprint density at radius 1 is 1.21 bits per heavy atom. The largest absolute Gasteiger partial charge is 0.271 e. The highest BCUT2D eigenvalue weighted by molar-refractivity contribution is 4.83. The van der Waals surface area contributed by atoms with Crippen molar-refractivity contribution >= 4 is 0 Å². The summed E-state index contributed by atoms with van der Waals surface area (Å²) >= 11 is 0. The Bertz CT molecular complexity index is 149. The lowest BCUT2D eigenvalue weighted by Crippen LogP contribution is -2.34. The number of hydrazine groups is 1. The Kier molecular flexibility index (Phi) is 10.2. The van der Waals surface area contributed by atoms with Gasteiger partial charge in [-0.05, 0) is 19.3 Å². The molecule has 0 aromatic rings. The molecule has 2 heteroatoms. The maximum Gasteiger partial charge on any atom is 0.0210 e. The second-order valence-corrected chi connectivity index (χ2v) is 3.81. The summed E-state index contributed by atoms with van der Waals surface area (Å²) in [5.74, 6) is 8.12. The number of hydrogen-bond donors (Lipinski definition) is 2. The predicted octanol–water partition coefficient (Wildman–Crippen LogP) is 2.59. The number of nitrogens with two attached hydrogens (primary N) is 1. The first kappa shape index (κ1) is 13.5. The Morgan fingerprint density at radius 2 is 1.93 bits per heavy atom. The number of nitrogens with one attached hydrogen (secondary N) is 1. The summed E-state index contributed by atoms with van der Waals surface area (Å²) in [5, 5.41) is 0. The molecule has 0 spiro atoms. The van der Waals surface area contributed by atoms with E-state index in [4.69, 9.17) is 12.3 Å². The highest BCUT2D eigenvalue weighted by Gasteiger charge is 2.04. The molecule has 1 unspecified atom stereocenters. The van der Waals surface area contributed by atoms with Crippen LogP contribution in [0.4, 0.5) is 0 Å². The molecule has 0 aliphatic rings. The van der Waals surface area contributed by atoms with Gasteiger partial charge in [-0.2, -0.15) is 0 Å². The van der Waals surface area contributed by atoms with E-state index in [9.17, 15) is 0 Å². The summed E-state index contributed by atoms with van der Waals surface area (Å²) in [6, 6.07) is 0.459. The van der Waals surface area contributed by atoms with Crippen LogP contribution >= 0.6 is 0 Å². The molecule has 82 valence electrons. The number of terminal acetylenes is 1. The van der Waals surface area contributed by atoms with Gasteiger partial charge in [0, 0.05) is 12.5 Å². The van der Waals surface area contributed by atoms with Gasteiger partial charge in [-0.3, -0.25) is 11.3 Å². The van der Waals surface area contributed by atoms with E-state index >= 15 is 0 Å². The maximum absolute atomic E-state index is 5.47. The van der Waals surface area contributed by atoms with Gasteiger partial charge in [0.2, 0.25) is 0 Å². The van der Waals surface area contributed by atoms with Crippen LogP contribution in [-0.4, -0.2) is 6.04 Å². The van der Waals surface area contributed by atoms with Crippen LogP contribution in [0.25, 0.3) is 0 Å². The molecule has 0 rings (SSSR count). The van der Waals surface area contributed by atoms with Gasteiger partial charge in [-0.15, -0.1) is 12.3 Å². The molecule has 14 heavy (non-hydrogen) atoms. The van der Waals surface area contributed by atoms with Crippen LogP contribution in [0, 0.1) is 12.3 Å². The van der Waals surface area contributed by atoms with Crippen molar-refractivity contribution in [3.05, 3.63) is 0 Å². The smallest absolute Gasteiger partial charge is 0.0210 e. The van der Waals surface area contributed by atoms with Crippen molar-refractivity contribution in [3.8, 4) is 12.3 Å². The van der Waals surface area contributed by atoms with Crippen LogP contribution < -0.4 is 11.3 Å². The minimum atomic E-state index is 0.459. The molecule has 0 amide bonds. The molecule has 0 saturated carbocycles. The fraction of sp³-hybridized carbons (Fsp3) is 0.833. The van der Waals surface area contributed by atoms with Gasteiger partial charge in [-0.1, -0.05) is 32.6 Å². The third-order valence-electron chi connectivity index (χ3n) is 2.52. The van der Waals surface area contributed by atoms with E-state index in [0.717, 1.165) is 19.3 Å². The van der Waals surface area contributed by atoms with Crippen LogP contribution in [0.1, 0.15) is 58.3 Å². The van der Waals surface area contributed by atoms with Crippen molar-refractivity contribution in [2.45, 2.75) is 64.3 Å². The van der Waals surface area contributed by atoms with Gasteiger partial charge in [0.15, 0.2) is 0 Å². The number of hydrogen-bond acceptors (Lipinski definition) is 2. The van der Waals surface area contributed by atoms with E-state index in [1.807, 2.05) is 0 Å². The minimum absolute atomic E-state index is 0.459. The molecule has 0 fully saturated rings.